The first-order valence-electron chi connectivity index (χ1n) is 8.88. The van der Waals surface area contributed by atoms with Gasteiger partial charge in [0.05, 0.1) is 11.2 Å². The molecule has 1 aromatic heterocycles. The molecule has 1 rings (SSSR count). The van der Waals surface area contributed by atoms with Crippen LogP contribution >= 0.6 is 24.0 Å². The molecule has 27 heavy (non-hydrogen) atoms. The molecule has 1 amide bonds. The monoisotopic (exact) mass is 495 g/mol. The molecule has 156 valence electrons. The number of carbonyl (C=O) groups is 1. The lowest BCUT2D eigenvalue weighted by molar-refractivity contribution is 0.0474. The molecular weight excluding hydrogens is 461 g/mol. The van der Waals surface area contributed by atoms with Gasteiger partial charge in [-0.2, -0.15) is 0 Å². The third-order valence-corrected chi connectivity index (χ3v) is 3.33. The maximum Gasteiger partial charge on any atom is 0.408 e. The van der Waals surface area contributed by atoms with Crippen molar-refractivity contribution in [1.82, 2.24) is 20.9 Å². The van der Waals surface area contributed by atoms with E-state index in [0.717, 1.165) is 18.0 Å². The van der Waals surface area contributed by atoms with Crippen LogP contribution in [0.2, 0.25) is 0 Å². The van der Waals surface area contributed by atoms with Gasteiger partial charge in [0.1, 0.15) is 17.9 Å². The minimum absolute atomic E-state index is 0. The van der Waals surface area contributed by atoms with E-state index in [0.29, 0.717) is 24.9 Å². The molecule has 0 radical (unpaired) electrons. The lowest BCUT2D eigenvalue weighted by atomic mass is 10.1. The minimum atomic E-state index is -0.531. The van der Waals surface area contributed by atoms with E-state index in [9.17, 15) is 4.79 Å². The van der Waals surface area contributed by atoms with Crippen LogP contribution in [-0.4, -0.2) is 41.3 Å². The molecule has 8 nitrogen and oxygen atoms in total. The van der Waals surface area contributed by atoms with Crippen molar-refractivity contribution in [2.24, 2.45) is 4.99 Å². The number of carbonyl (C=O) groups excluding carboxylic acids is 1. The second-order valence-corrected chi connectivity index (χ2v) is 7.81. The number of aryl methyl sites for hydroxylation is 2. The van der Waals surface area contributed by atoms with Gasteiger partial charge in [-0.1, -0.05) is 0 Å². The van der Waals surface area contributed by atoms with Gasteiger partial charge < -0.3 is 25.1 Å². The predicted molar refractivity (Wildman–Crippen MR) is 118 cm³/mol. The number of aromatic nitrogens is 1. The van der Waals surface area contributed by atoms with Crippen molar-refractivity contribution >= 4 is 36.0 Å². The number of alkyl carbamates (subject to hydrolysis) is 1. The summed E-state index contributed by atoms with van der Waals surface area (Å²) in [5, 5.41) is 9.24. The Bertz CT molecular complexity index is 616. The first-order chi connectivity index (χ1) is 11.9. The number of nitrogens with zero attached hydrogens (tertiary/aromatic N) is 2. The molecule has 0 atom stereocenters. The summed E-state index contributed by atoms with van der Waals surface area (Å²) in [6, 6.07) is 0. The van der Waals surface area contributed by atoms with Crippen molar-refractivity contribution in [2.45, 2.75) is 73.1 Å². The molecule has 0 saturated heterocycles. The smallest absolute Gasteiger partial charge is 0.408 e. The quantitative estimate of drug-likeness (QED) is 0.318. The third-order valence-electron chi connectivity index (χ3n) is 3.33. The zero-order chi connectivity index (χ0) is 20.0. The van der Waals surface area contributed by atoms with Crippen molar-refractivity contribution in [3.05, 3.63) is 17.3 Å². The molecule has 0 aliphatic rings. The zero-order valence-electron chi connectivity index (χ0n) is 17.6. The first-order valence-corrected chi connectivity index (χ1v) is 8.88. The number of aliphatic imine (C=N–C) groups is 1. The SMILES string of the molecule is CCNC(=NCc1nc(C)c(C)o1)NCC(C)(C)NC(=O)OC(C)(C)C.I. The summed E-state index contributed by atoms with van der Waals surface area (Å²) >= 11 is 0. The number of oxazole rings is 1. The van der Waals surface area contributed by atoms with Crippen LogP contribution < -0.4 is 16.0 Å². The van der Waals surface area contributed by atoms with Crippen LogP contribution in [0, 0.1) is 13.8 Å². The van der Waals surface area contributed by atoms with Crippen molar-refractivity contribution in [3.8, 4) is 0 Å². The molecule has 0 aliphatic heterocycles. The fourth-order valence-electron chi connectivity index (χ4n) is 2.02. The summed E-state index contributed by atoms with van der Waals surface area (Å²) in [5.74, 6) is 2.00. The Labute approximate surface area is 179 Å². The number of hydrogen-bond acceptors (Lipinski definition) is 5. The molecule has 3 N–H and O–H groups in total. The Kier molecular flexibility index (Phi) is 10.1. The highest BCUT2D eigenvalue weighted by atomic mass is 127. The number of ether oxygens (including phenoxy) is 1. The maximum absolute atomic E-state index is 12.0. The van der Waals surface area contributed by atoms with Gasteiger partial charge in [-0.3, -0.25) is 0 Å². The topological polar surface area (TPSA) is 101 Å². The van der Waals surface area contributed by atoms with E-state index in [4.69, 9.17) is 9.15 Å². The standard InChI is InChI=1S/C18H33N5O3.HI/c1-9-19-15(20-10-14-22-12(2)13(3)25-14)21-11-18(7,8)23-16(24)26-17(4,5)6;/h9-11H2,1-8H3,(H,23,24)(H2,19,20,21);1H. The molecule has 0 bridgehead atoms. The molecular formula is C18H34IN5O3. The summed E-state index contributed by atoms with van der Waals surface area (Å²) in [6.45, 7) is 16.6. The van der Waals surface area contributed by atoms with Crippen molar-refractivity contribution in [3.63, 3.8) is 0 Å². The molecule has 1 aromatic rings. The van der Waals surface area contributed by atoms with E-state index in [1.807, 2.05) is 55.4 Å². The van der Waals surface area contributed by atoms with Gasteiger partial charge in [0.2, 0.25) is 5.89 Å². The van der Waals surface area contributed by atoms with Gasteiger partial charge >= 0.3 is 6.09 Å². The van der Waals surface area contributed by atoms with Crippen LogP contribution in [-0.2, 0) is 11.3 Å². The summed E-state index contributed by atoms with van der Waals surface area (Å²) in [5.41, 5.74) is -0.180. The maximum atomic E-state index is 12.0. The highest BCUT2D eigenvalue weighted by Crippen LogP contribution is 2.10. The number of amides is 1. The van der Waals surface area contributed by atoms with E-state index in [1.54, 1.807) is 0 Å². The van der Waals surface area contributed by atoms with Gasteiger partial charge in [0.25, 0.3) is 0 Å². The van der Waals surface area contributed by atoms with Crippen molar-refractivity contribution in [1.29, 1.82) is 0 Å². The Balaban J connectivity index is 0.00000676. The zero-order valence-corrected chi connectivity index (χ0v) is 20.0. The van der Waals surface area contributed by atoms with E-state index >= 15 is 0 Å². The van der Waals surface area contributed by atoms with Crippen molar-refractivity contribution in [2.75, 3.05) is 13.1 Å². The summed E-state index contributed by atoms with van der Waals surface area (Å²) in [6.07, 6.45) is -0.447. The van der Waals surface area contributed by atoms with E-state index in [1.165, 1.54) is 0 Å². The number of guanidine groups is 1. The molecule has 9 heteroatoms. The fraction of sp³-hybridized carbons (Fsp3) is 0.722. The highest BCUT2D eigenvalue weighted by molar-refractivity contribution is 14.0. The van der Waals surface area contributed by atoms with Gasteiger partial charge in [-0.25, -0.2) is 14.8 Å². The van der Waals surface area contributed by atoms with Gasteiger partial charge in [-0.15, -0.1) is 24.0 Å². The Morgan fingerprint density at radius 3 is 2.30 bits per heavy atom. The molecule has 0 aliphatic carbocycles. The number of halogens is 1. The van der Waals surface area contributed by atoms with Crippen LogP contribution in [0.5, 0.6) is 0 Å². The molecule has 0 spiro atoms. The minimum Gasteiger partial charge on any atom is -0.444 e. The van der Waals surface area contributed by atoms with E-state index in [-0.39, 0.29) is 24.0 Å². The predicted octanol–water partition coefficient (Wildman–Crippen LogP) is 3.27. The fourth-order valence-corrected chi connectivity index (χ4v) is 2.02. The average Bonchev–Trinajstić information content (AvgIpc) is 2.78. The largest absolute Gasteiger partial charge is 0.444 e. The lowest BCUT2D eigenvalue weighted by Crippen LogP contribution is -2.54. The molecule has 0 saturated carbocycles. The van der Waals surface area contributed by atoms with Crippen LogP contribution in [0.3, 0.4) is 0 Å². The first kappa shape index (κ1) is 25.5. The Morgan fingerprint density at radius 1 is 1.19 bits per heavy atom. The third kappa shape index (κ3) is 10.4. The Hall–Kier alpha value is -1.52. The second-order valence-electron chi connectivity index (χ2n) is 7.81. The van der Waals surface area contributed by atoms with Crippen LogP contribution in [0.25, 0.3) is 0 Å². The molecule has 0 unspecified atom stereocenters. The summed E-state index contributed by atoms with van der Waals surface area (Å²) in [4.78, 5) is 20.8. The number of rotatable bonds is 6. The second kappa shape index (κ2) is 10.7. The number of hydrogen-bond donors (Lipinski definition) is 3. The molecule has 0 aromatic carbocycles. The van der Waals surface area contributed by atoms with Crippen LogP contribution in [0.15, 0.2) is 9.41 Å². The van der Waals surface area contributed by atoms with Crippen molar-refractivity contribution < 1.29 is 13.9 Å². The van der Waals surface area contributed by atoms with Gasteiger partial charge in [0.15, 0.2) is 5.96 Å². The Morgan fingerprint density at radius 2 is 1.81 bits per heavy atom. The molecule has 1 heterocycles. The summed E-state index contributed by atoms with van der Waals surface area (Å²) in [7, 11) is 0. The van der Waals surface area contributed by atoms with Gasteiger partial charge in [-0.05, 0) is 55.4 Å². The van der Waals surface area contributed by atoms with E-state index in [2.05, 4.69) is 25.9 Å². The normalized spacial score (nSPS) is 12.2. The highest BCUT2D eigenvalue weighted by Gasteiger charge is 2.24. The lowest BCUT2D eigenvalue weighted by Gasteiger charge is -2.29. The van der Waals surface area contributed by atoms with Gasteiger partial charge in [0, 0.05) is 13.1 Å². The van der Waals surface area contributed by atoms with E-state index < -0.39 is 17.2 Å². The van der Waals surface area contributed by atoms with Crippen LogP contribution in [0.4, 0.5) is 4.79 Å². The molecule has 0 fully saturated rings. The summed E-state index contributed by atoms with van der Waals surface area (Å²) < 4.78 is 10.8. The average molecular weight is 495 g/mol. The number of nitrogens with one attached hydrogen (secondary N) is 3. The van der Waals surface area contributed by atoms with Crippen LogP contribution in [0.1, 0.15) is 58.9 Å².